The van der Waals surface area contributed by atoms with Crippen molar-refractivity contribution < 1.29 is 26.2 Å². The number of hydrogen-bond donors (Lipinski definition) is 1. The third kappa shape index (κ3) is 6.13. The molecule has 2 N–H and O–H groups in total. The van der Waals surface area contributed by atoms with E-state index in [9.17, 15) is 18.0 Å². The molecule has 2 aliphatic rings. The van der Waals surface area contributed by atoms with Crippen LogP contribution in [0.25, 0.3) is 0 Å². The molecule has 0 aromatic carbocycles. The van der Waals surface area contributed by atoms with Gasteiger partial charge in [-0.3, -0.25) is 13.9 Å². The highest BCUT2D eigenvalue weighted by Crippen LogP contribution is 2.65. The Labute approximate surface area is 271 Å². The fourth-order valence-electron chi connectivity index (χ4n) is 7.84. The average Bonchev–Trinajstić information content (AvgIpc) is 3.25. The molecule has 1 fully saturated rings. The highest BCUT2D eigenvalue weighted by molar-refractivity contribution is 7.90. The van der Waals surface area contributed by atoms with Crippen LogP contribution in [0.4, 0.5) is 0 Å². The van der Waals surface area contributed by atoms with Crippen LogP contribution in [-0.2, 0) is 34.9 Å². The fraction of sp³-hybridized carbons (Fsp3) is 0.806. The molecule has 14 heteroatoms. The zero-order chi connectivity index (χ0) is 35.1. The lowest BCUT2D eigenvalue weighted by molar-refractivity contribution is -0.0569. The molecule has 2 aliphatic heterocycles. The summed E-state index contributed by atoms with van der Waals surface area (Å²) in [5, 5.41) is -0.434. The van der Waals surface area contributed by atoms with Crippen LogP contribution in [0, 0.1) is 6.92 Å². The standard InChI is InChI=1S/C31H57N3O8SSi2/c1-20-17-34(26(36)33(14)24(20)35)25-23(41-45(28(5,6)7,29(8,9)10)30(11,12)13)31(21(32)19-43(37,38)42-31)22(40-25)18-39-44(15,16)27(2,3)4/h17,19,22-23,25H,18,32H2,1-16H3/t22-,23+,25-,31?/m1/s1. The molecule has 45 heavy (non-hydrogen) atoms. The summed E-state index contributed by atoms with van der Waals surface area (Å²) in [6.07, 6.45) is -2.02. The molecule has 0 bridgehead atoms. The smallest absolute Gasteiger partial charge is 0.332 e. The molecule has 11 nitrogen and oxygen atoms in total. The molecule has 1 spiro atoms. The van der Waals surface area contributed by atoms with Gasteiger partial charge in [-0.1, -0.05) is 83.1 Å². The minimum Gasteiger partial charge on any atom is -0.414 e. The van der Waals surface area contributed by atoms with E-state index in [0.717, 1.165) is 9.98 Å². The summed E-state index contributed by atoms with van der Waals surface area (Å²) in [6.45, 7) is 31.3. The summed E-state index contributed by atoms with van der Waals surface area (Å²) in [6, 6.07) is 0. The topological polar surface area (TPSA) is 141 Å². The van der Waals surface area contributed by atoms with Crippen LogP contribution in [0.5, 0.6) is 0 Å². The lowest BCUT2D eigenvalue weighted by atomic mass is 9.89. The summed E-state index contributed by atoms with van der Waals surface area (Å²) in [5.74, 6) is 0. The zero-order valence-electron chi connectivity index (χ0n) is 30.2. The van der Waals surface area contributed by atoms with Gasteiger partial charge in [0.05, 0.1) is 17.7 Å². The molecule has 0 aliphatic carbocycles. The maximum atomic E-state index is 13.8. The number of nitrogens with zero attached hydrogens (tertiary/aromatic N) is 2. The quantitative estimate of drug-likeness (QED) is 0.307. The normalized spacial score (nSPS) is 26.5. The van der Waals surface area contributed by atoms with Gasteiger partial charge in [-0.2, -0.15) is 8.42 Å². The van der Waals surface area contributed by atoms with E-state index in [-0.39, 0.29) is 17.3 Å². The van der Waals surface area contributed by atoms with Crippen molar-refractivity contribution in [3.8, 4) is 0 Å². The van der Waals surface area contributed by atoms with E-state index < -0.39 is 77.2 Å². The van der Waals surface area contributed by atoms with Gasteiger partial charge < -0.3 is 19.3 Å². The van der Waals surface area contributed by atoms with Crippen molar-refractivity contribution >= 4 is 26.8 Å². The molecule has 1 aromatic heterocycles. The molecule has 3 heterocycles. The van der Waals surface area contributed by atoms with E-state index in [4.69, 9.17) is 23.5 Å². The first-order valence-corrected chi connectivity index (χ1v) is 21.9. The van der Waals surface area contributed by atoms with Gasteiger partial charge in [-0.15, -0.1) is 0 Å². The van der Waals surface area contributed by atoms with Crippen molar-refractivity contribution in [1.29, 1.82) is 0 Å². The Balaban J connectivity index is 2.45. The first kappa shape index (κ1) is 37.9. The van der Waals surface area contributed by atoms with E-state index in [0.29, 0.717) is 5.56 Å². The van der Waals surface area contributed by atoms with Gasteiger partial charge >= 0.3 is 5.69 Å². The molecule has 0 amide bonds. The van der Waals surface area contributed by atoms with Crippen molar-refractivity contribution in [3.05, 3.63) is 43.7 Å². The third-order valence-corrected chi connectivity index (χ3v) is 22.6. The van der Waals surface area contributed by atoms with Crippen LogP contribution >= 0.6 is 0 Å². The summed E-state index contributed by atoms with van der Waals surface area (Å²) in [5.41, 5.74) is 4.01. The molecular formula is C31H57N3O8SSi2. The molecule has 4 atom stereocenters. The van der Waals surface area contributed by atoms with Gasteiger partial charge in [0.15, 0.2) is 20.1 Å². The second kappa shape index (κ2) is 11.3. The Morgan fingerprint density at radius 2 is 1.42 bits per heavy atom. The second-order valence-electron chi connectivity index (χ2n) is 17.4. The number of aromatic nitrogens is 2. The molecule has 1 unspecified atom stereocenters. The molecule has 1 saturated heterocycles. The maximum absolute atomic E-state index is 13.8. The van der Waals surface area contributed by atoms with Gasteiger partial charge in [-0.05, 0) is 40.2 Å². The van der Waals surface area contributed by atoms with E-state index in [2.05, 4.69) is 96.2 Å². The Bertz CT molecular complexity index is 1530. The minimum absolute atomic E-state index is 0.0501. The molecular weight excluding hydrogens is 631 g/mol. The fourth-order valence-corrected chi connectivity index (χ4v) is 18.6. The summed E-state index contributed by atoms with van der Waals surface area (Å²) < 4.78 is 55.7. The SMILES string of the molecule is Cc1cn([C@@H]2O[C@H](CO[Si](C)(C)C(C)(C)C)C3(OS(=O)(=O)C=C3N)[C@H]2O[Si](C(C)(C)C)(C(C)(C)C)C(C)(C)C)c(=O)n(C)c1=O. The number of hydrogen-bond acceptors (Lipinski definition) is 9. The van der Waals surface area contributed by atoms with Crippen LogP contribution in [0.3, 0.4) is 0 Å². The van der Waals surface area contributed by atoms with Crippen molar-refractivity contribution in [2.24, 2.45) is 12.8 Å². The van der Waals surface area contributed by atoms with Gasteiger partial charge in [0.1, 0.15) is 12.2 Å². The average molecular weight is 688 g/mol. The number of aryl methyl sites for hydroxylation is 1. The predicted octanol–water partition coefficient (Wildman–Crippen LogP) is 5.40. The number of nitrogens with two attached hydrogens (primary N) is 1. The van der Waals surface area contributed by atoms with Crippen molar-refractivity contribution in [3.63, 3.8) is 0 Å². The van der Waals surface area contributed by atoms with Gasteiger partial charge in [-0.25, -0.2) is 8.98 Å². The largest absolute Gasteiger partial charge is 0.414 e. The summed E-state index contributed by atoms with van der Waals surface area (Å²) in [4.78, 5) is 26.5. The lowest BCUT2D eigenvalue weighted by Crippen LogP contribution is -2.66. The van der Waals surface area contributed by atoms with E-state index in [1.54, 1.807) is 6.92 Å². The van der Waals surface area contributed by atoms with Crippen molar-refractivity contribution in [2.45, 2.75) is 147 Å². The number of ether oxygens (including phenoxy) is 1. The van der Waals surface area contributed by atoms with Crippen molar-refractivity contribution in [2.75, 3.05) is 6.61 Å². The Hall–Kier alpha value is -1.56. The first-order valence-electron chi connectivity index (χ1n) is 15.6. The Morgan fingerprint density at radius 3 is 1.82 bits per heavy atom. The second-order valence-corrected chi connectivity index (χ2v) is 29.7. The van der Waals surface area contributed by atoms with Gasteiger partial charge in [0, 0.05) is 18.8 Å². The monoisotopic (exact) mass is 687 g/mol. The van der Waals surface area contributed by atoms with E-state index >= 15 is 0 Å². The van der Waals surface area contributed by atoms with Crippen LogP contribution in [0.1, 0.15) is 94.9 Å². The molecule has 0 radical (unpaired) electrons. The lowest BCUT2D eigenvalue weighted by Gasteiger charge is -2.59. The zero-order valence-corrected chi connectivity index (χ0v) is 33.1. The first-order chi connectivity index (χ1) is 19.9. The van der Waals surface area contributed by atoms with Crippen LogP contribution < -0.4 is 17.0 Å². The molecule has 258 valence electrons. The molecule has 1 aromatic rings. The van der Waals surface area contributed by atoms with Crippen LogP contribution in [0.15, 0.2) is 26.9 Å². The van der Waals surface area contributed by atoms with Crippen LogP contribution in [0.2, 0.25) is 33.2 Å². The van der Waals surface area contributed by atoms with E-state index in [1.165, 1.54) is 17.8 Å². The molecule has 3 rings (SSSR count). The van der Waals surface area contributed by atoms with Crippen molar-refractivity contribution in [1.82, 2.24) is 9.13 Å². The third-order valence-electron chi connectivity index (χ3n) is 10.1. The van der Waals surface area contributed by atoms with Gasteiger partial charge in [0.2, 0.25) is 8.32 Å². The van der Waals surface area contributed by atoms with E-state index in [1.807, 2.05) is 0 Å². The van der Waals surface area contributed by atoms with Gasteiger partial charge in [0.25, 0.3) is 15.7 Å². The minimum atomic E-state index is -4.25. The highest BCUT2D eigenvalue weighted by Gasteiger charge is 2.71. The summed E-state index contributed by atoms with van der Waals surface area (Å²) >= 11 is 0. The Morgan fingerprint density at radius 1 is 0.933 bits per heavy atom. The predicted molar refractivity (Wildman–Crippen MR) is 183 cm³/mol. The number of rotatable bonds is 6. The maximum Gasteiger partial charge on any atom is 0.332 e. The summed E-state index contributed by atoms with van der Waals surface area (Å²) in [7, 11) is -8.38. The highest BCUT2D eigenvalue weighted by atomic mass is 32.2. The molecule has 0 saturated carbocycles. The van der Waals surface area contributed by atoms with Crippen LogP contribution in [-0.4, -0.2) is 58.6 Å². The Kier molecular flexibility index (Phi) is 9.49.